The van der Waals surface area contributed by atoms with Gasteiger partial charge in [-0.05, 0) is 31.0 Å². The van der Waals surface area contributed by atoms with Gasteiger partial charge in [0.15, 0.2) is 12.0 Å². The predicted molar refractivity (Wildman–Crippen MR) is 89.9 cm³/mol. The summed E-state index contributed by atoms with van der Waals surface area (Å²) in [6.45, 7) is 3.50. The van der Waals surface area contributed by atoms with Gasteiger partial charge < -0.3 is 9.32 Å². The van der Waals surface area contributed by atoms with Gasteiger partial charge in [-0.2, -0.15) is 0 Å². The Bertz CT molecular complexity index is 831. The summed E-state index contributed by atoms with van der Waals surface area (Å²) in [6.07, 6.45) is 2.32. The van der Waals surface area contributed by atoms with Crippen LogP contribution in [0.3, 0.4) is 0 Å². The molecule has 0 aliphatic carbocycles. The van der Waals surface area contributed by atoms with Gasteiger partial charge in [-0.3, -0.25) is 4.79 Å². The molecule has 0 N–H and O–H groups in total. The maximum absolute atomic E-state index is 12.5. The van der Waals surface area contributed by atoms with E-state index in [1.54, 1.807) is 11.8 Å². The Morgan fingerprint density at radius 1 is 1.25 bits per heavy atom. The summed E-state index contributed by atoms with van der Waals surface area (Å²) < 4.78 is 30.7. The first-order chi connectivity index (χ1) is 11.5. The fraction of sp³-hybridized carbons (Fsp3) is 0.500. The van der Waals surface area contributed by atoms with Gasteiger partial charge >= 0.3 is 0 Å². The highest BCUT2D eigenvalue weighted by Crippen LogP contribution is 2.16. The summed E-state index contributed by atoms with van der Waals surface area (Å²) in [6, 6.07) is 5.53. The molecule has 1 fully saturated rings. The van der Waals surface area contributed by atoms with Crippen LogP contribution in [0.25, 0.3) is 11.1 Å². The highest BCUT2D eigenvalue weighted by Gasteiger charge is 2.25. The van der Waals surface area contributed by atoms with Crippen molar-refractivity contribution in [2.45, 2.75) is 19.8 Å². The lowest BCUT2D eigenvalue weighted by atomic mass is 10.1. The number of rotatable bonds is 4. The second-order valence-corrected chi connectivity index (χ2v) is 8.12. The van der Waals surface area contributed by atoms with E-state index in [0.717, 1.165) is 11.1 Å². The van der Waals surface area contributed by atoms with Crippen LogP contribution in [-0.2, 0) is 21.2 Å². The Morgan fingerprint density at radius 2 is 2.08 bits per heavy atom. The molecule has 0 radical (unpaired) electrons. The molecular formula is C16H21N3O4S. The van der Waals surface area contributed by atoms with Crippen molar-refractivity contribution in [2.24, 2.45) is 0 Å². The topological polar surface area (TPSA) is 83.7 Å². The molecule has 0 bridgehead atoms. The first kappa shape index (κ1) is 16.9. The van der Waals surface area contributed by atoms with E-state index >= 15 is 0 Å². The van der Waals surface area contributed by atoms with Crippen molar-refractivity contribution in [1.82, 2.24) is 14.2 Å². The van der Waals surface area contributed by atoms with E-state index in [1.165, 1.54) is 10.7 Å². The SMILES string of the molecule is CCS(=O)(=O)N1CCCN(C(=O)Cc2ccc3ncoc3c2)CC1. The average Bonchev–Trinajstić information content (AvgIpc) is 2.88. The summed E-state index contributed by atoms with van der Waals surface area (Å²) in [7, 11) is -3.19. The van der Waals surface area contributed by atoms with E-state index in [2.05, 4.69) is 4.98 Å². The highest BCUT2D eigenvalue weighted by molar-refractivity contribution is 7.89. The number of aromatic nitrogens is 1. The zero-order chi connectivity index (χ0) is 17.2. The number of benzene rings is 1. The molecule has 7 nitrogen and oxygen atoms in total. The van der Waals surface area contributed by atoms with E-state index in [9.17, 15) is 13.2 Å². The van der Waals surface area contributed by atoms with Crippen molar-refractivity contribution in [3.05, 3.63) is 30.2 Å². The lowest BCUT2D eigenvalue weighted by molar-refractivity contribution is -0.130. The minimum atomic E-state index is -3.19. The smallest absolute Gasteiger partial charge is 0.227 e. The van der Waals surface area contributed by atoms with Crippen LogP contribution in [0.4, 0.5) is 0 Å². The standard InChI is InChI=1S/C16H21N3O4S/c1-2-24(21,22)19-7-3-6-18(8-9-19)16(20)11-13-4-5-14-15(10-13)23-12-17-14/h4-5,10,12H,2-3,6-9,11H2,1H3. The van der Waals surface area contributed by atoms with Gasteiger partial charge in [0.05, 0.1) is 12.2 Å². The molecule has 8 heteroatoms. The third-order valence-electron chi connectivity index (χ3n) is 4.32. The van der Waals surface area contributed by atoms with Crippen LogP contribution in [-0.4, -0.2) is 60.4 Å². The number of oxazole rings is 1. The Kier molecular flexibility index (Phi) is 4.86. The second-order valence-electron chi connectivity index (χ2n) is 5.87. The maximum Gasteiger partial charge on any atom is 0.227 e. The third kappa shape index (κ3) is 3.59. The van der Waals surface area contributed by atoms with Gasteiger partial charge in [0.1, 0.15) is 5.52 Å². The number of fused-ring (bicyclic) bond motifs is 1. The molecule has 2 heterocycles. The summed E-state index contributed by atoms with van der Waals surface area (Å²) >= 11 is 0. The Morgan fingerprint density at radius 3 is 2.88 bits per heavy atom. The molecule has 24 heavy (non-hydrogen) atoms. The van der Waals surface area contributed by atoms with Crippen molar-refractivity contribution >= 4 is 27.0 Å². The van der Waals surface area contributed by atoms with Crippen LogP contribution in [0.15, 0.2) is 29.0 Å². The number of hydrogen-bond acceptors (Lipinski definition) is 5. The van der Waals surface area contributed by atoms with Crippen molar-refractivity contribution < 1.29 is 17.6 Å². The van der Waals surface area contributed by atoms with E-state index in [-0.39, 0.29) is 18.1 Å². The quantitative estimate of drug-likeness (QED) is 0.828. The van der Waals surface area contributed by atoms with Crippen molar-refractivity contribution in [1.29, 1.82) is 0 Å². The number of carbonyl (C=O) groups excluding carboxylic acids is 1. The summed E-state index contributed by atoms with van der Waals surface area (Å²) in [5.41, 5.74) is 2.30. The fourth-order valence-corrected chi connectivity index (χ4v) is 4.03. The molecule has 1 aliphatic rings. The molecule has 130 valence electrons. The van der Waals surface area contributed by atoms with Gasteiger partial charge in [0.2, 0.25) is 15.9 Å². The minimum Gasteiger partial charge on any atom is -0.443 e. The highest BCUT2D eigenvalue weighted by atomic mass is 32.2. The molecular weight excluding hydrogens is 330 g/mol. The van der Waals surface area contributed by atoms with E-state index in [0.29, 0.717) is 38.2 Å². The van der Waals surface area contributed by atoms with Gasteiger partial charge in [-0.25, -0.2) is 17.7 Å². The average molecular weight is 351 g/mol. The summed E-state index contributed by atoms with van der Waals surface area (Å²) in [5.74, 6) is 0.0997. The van der Waals surface area contributed by atoms with Crippen molar-refractivity contribution in [3.8, 4) is 0 Å². The van der Waals surface area contributed by atoms with E-state index in [4.69, 9.17) is 4.42 Å². The number of carbonyl (C=O) groups is 1. The molecule has 0 spiro atoms. The lowest BCUT2D eigenvalue weighted by Crippen LogP contribution is -2.38. The third-order valence-corrected chi connectivity index (χ3v) is 6.20. The Hall–Kier alpha value is -1.93. The molecule has 0 saturated carbocycles. The first-order valence-electron chi connectivity index (χ1n) is 8.07. The molecule has 1 amide bonds. The molecule has 0 unspecified atom stereocenters. The molecule has 1 saturated heterocycles. The van der Waals surface area contributed by atoms with Crippen LogP contribution in [0.1, 0.15) is 18.9 Å². The van der Waals surface area contributed by atoms with E-state index < -0.39 is 10.0 Å². The monoisotopic (exact) mass is 351 g/mol. The van der Waals surface area contributed by atoms with Crippen LogP contribution in [0.5, 0.6) is 0 Å². The maximum atomic E-state index is 12.5. The number of nitrogens with zero attached hydrogens (tertiary/aromatic N) is 3. The fourth-order valence-electron chi connectivity index (χ4n) is 2.90. The second kappa shape index (κ2) is 6.90. The summed E-state index contributed by atoms with van der Waals surface area (Å²) in [4.78, 5) is 18.3. The molecule has 1 aromatic heterocycles. The number of sulfonamides is 1. The van der Waals surface area contributed by atoms with Crippen molar-refractivity contribution in [3.63, 3.8) is 0 Å². The zero-order valence-corrected chi connectivity index (χ0v) is 14.5. The predicted octanol–water partition coefficient (Wildman–Crippen LogP) is 1.25. The molecule has 3 rings (SSSR count). The number of hydrogen-bond donors (Lipinski definition) is 0. The zero-order valence-electron chi connectivity index (χ0n) is 13.6. The molecule has 1 aromatic carbocycles. The summed E-state index contributed by atoms with van der Waals surface area (Å²) in [5, 5.41) is 0. The first-order valence-corrected chi connectivity index (χ1v) is 9.68. The normalized spacial score (nSPS) is 17.1. The lowest BCUT2D eigenvalue weighted by Gasteiger charge is -2.21. The van der Waals surface area contributed by atoms with E-state index in [1.807, 2.05) is 18.2 Å². The molecule has 1 aliphatic heterocycles. The number of amides is 1. The van der Waals surface area contributed by atoms with Crippen LogP contribution >= 0.6 is 0 Å². The Labute approximate surface area is 141 Å². The van der Waals surface area contributed by atoms with Crippen LogP contribution in [0.2, 0.25) is 0 Å². The Balaban J connectivity index is 1.64. The van der Waals surface area contributed by atoms with Crippen molar-refractivity contribution in [2.75, 3.05) is 31.9 Å². The minimum absolute atomic E-state index is 0.00427. The molecule has 0 atom stereocenters. The van der Waals surface area contributed by atoms with Gasteiger partial charge in [0.25, 0.3) is 0 Å². The van der Waals surface area contributed by atoms with Crippen LogP contribution in [0, 0.1) is 0 Å². The largest absolute Gasteiger partial charge is 0.443 e. The van der Waals surface area contributed by atoms with Gasteiger partial charge in [-0.15, -0.1) is 0 Å². The van der Waals surface area contributed by atoms with Gasteiger partial charge in [-0.1, -0.05) is 6.07 Å². The van der Waals surface area contributed by atoms with Gasteiger partial charge in [0, 0.05) is 26.2 Å². The van der Waals surface area contributed by atoms with Crippen LogP contribution < -0.4 is 0 Å². The molecule has 2 aromatic rings.